The summed E-state index contributed by atoms with van der Waals surface area (Å²) >= 11 is 0. The average molecular weight is 401 g/mol. The van der Waals surface area contributed by atoms with Gasteiger partial charge in [-0.3, -0.25) is 4.90 Å². The number of anilines is 1. The molecule has 0 unspecified atom stereocenters. The topological polar surface area (TPSA) is 119 Å². The maximum atomic E-state index is 6.34. The van der Waals surface area contributed by atoms with E-state index in [-0.39, 0.29) is 5.96 Å². The van der Waals surface area contributed by atoms with E-state index in [1.165, 1.54) is 6.42 Å². The zero-order valence-corrected chi connectivity index (χ0v) is 16.5. The molecule has 5 rings (SSSR count). The summed E-state index contributed by atoms with van der Waals surface area (Å²) in [7, 11) is 0. The highest BCUT2D eigenvalue weighted by Gasteiger charge is 2.42. The zero-order valence-electron chi connectivity index (χ0n) is 16.5. The van der Waals surface area contributed by atoms with Gasteiger partial charge in [-0.1, -0.05) is 48.0 Å². The van der Waals surface area contributed by atoms with Gasteiger partial charge >= 0.3 is 0 Å². The van der Waals surface area contributed by atoms with Crippen LogP contribution >= 0.6 is 0 Å². The van der Waals surface area contributed by atoms with Crippen LogP contribution in [0, 0.1) is 0 Å². The Morgan fingerprint density at radius 2 is 1.67 bits per heavy atom. The predicted octanol–water partition coefficient (Wildman–Crippen LogP) is 3.51. The molecule has 8 nitrogen and oxygen atoms in total. The lowest BCUT2D eigenvalue weighted by Gasteiger charge is -2.45. The van der Waals surface area contributed by atoms with Crippen molar-refractivity contribution >= 4 is 17.6 Å². The molecule has 1 saturated carbocycles. The molecular weight excluding hydrogens is 378 g/mol. The SMILES string of the molecule is NC1=NC2(CCCCC2)N(c2cccc(-c3nc(-c4ccccc4)no3)c2)C(N)=N1. The van der Waals surface area contributed by atoms with E-state index >= 15 is 0 Å². The van der Waals surface area contributed by atoms with Crippen LogP contribution in [0.15, 0.2) is 69.1 Å². The maximum absolute atomic E-state index is 6.34. The predicted molar refractivity (Wildman–Crippen MR) is 117 cm³/mol. The minimum Gasteiger partial charge on any atom is -0.369 e. The van der Waals surface area contributed by atoms with Gasteiger partial charge in [-0.25, -0.2) is 4.99 Å². The number of hydrogen-bond donors (Lipinski definition) is 2. The van der Waals surface area contributed by atoms with E-state index in [1.54, 1.807) is 0 Å². The van der Waals surface area contributed by atoms with Gasteiger partial charge in [0, 0.05) is 16.8 Å². The van der Waals surface area contributed by atoms with Crippen molar-refractivity contribution in [2.24, 2.45) is 21.5 Å². The van der Waals surface area contributed by atoms with E-state index in [1.807, 2.05) is 59.5 Å². The number of hydrogen-bond acceptors (Lipinski definition) is 8. The molecule has 2 aliphatic rings. The Balaban J connectivity index is 1.52. The van der Waals surface area contributed by atoms with E-state index in [4.69, 9.17) is 21.0 Å². The van der Waals surface area contributed by atoms with Crippen LogP contribution in [0.1, 0.15) is 32.1 Å². The summed E-state index contributed by atoms with van der Waals surface area (Å²) in [5.74, 6) is 1.60. The minimum absolute atomic E-state index is 0.242. The van der Waals surface area contributed by atoms with Gasteiger partial charge in [0.15, 0.2) is 0 Å². The van der Waals surface area contributed by atoms with Crippen LogP contribution < -0.4 is 16.4 Å². The van der Waals surface area contributed by atoms with Crippen LogP contribution in [-0.2, 0) is 0 Å². The van der Waals surface area contributed by atoms with Crippen LogP contribution in [0.2, 0.25) is 0 Å². The van der Waals surface area contributed by atoms with Crippen molar-refractivity contribution < 1.29 is 4.52 Å². The fourth-order valence-corrected chi connectivity index (χ4v) is 4.32. The molecule has 30 heavy (non-hydrogen) atoms. The van der Waals surface area contributed by atoms with E-state index < -0.39 is 5.66 Å². The zero-order chi connectivity index (χ0) is 20.6. The summed E-state index contributed by atoms with van der Waals surface area (Å²) in [5.41, 5.74) is 14.4. The molecule has 152 valence electrons. The molecule has 0 atom stereocenters. The summed E-state index contributed by atoms with van der Waals surface area (Å²) in [4.78, 5) is 15.5. The van der Waals surface area contributed by atoms with E-state index in [9.17, 15) is 0 Å². The van der Waals surface area contributed by atoms with Crippen molar-refractivity contribution in [3.05, 3.63) is 54.6 Å². The van der Waals surface area contributed by atoms with Crippen molar-refractivity contribution in [1.82, 2.24) is 10.1 Å². The van der Waals surface area contributed by atoms with Crippen molar-refractivity contribution in [3.8, 4) is 22.8 Å². The standard InChI is InChI=1S/C22H23N7O/c23-20-26-21(24)29(22(27-20)12-5-2-6-13-22)17-11-7-10-16(14-17)19-25-18(28-30-19)15-8-3-1-4-9-15/h1,3-4,7-11,14H,2,5-6,12-13H2,(H4,23,24,26,27). The molecule has 2 heterocycles. The fraction of sp³-hybridized carbons (Fsp3) is 0.273. The average Bonchev–Trinajstić information content (AvgIpc) is 3.25. The highest BCUT2D eigenvalue weighted by molar-refractivity contribution is 6.05. The van der Waals surface area contributed by atoms with Gasteiger partial charge in [-0.15, -0.1) is 0 Å². The van der Waals surface area contributed by atoms with Crippen molar-refractivity contribution in [2.75, 3.05) is 4.90 Å². The van der Waals surface area contributed by atoms with Crippen LogP contribution in [0.25, 0.3) is 22.8 Å². The molecule has 0 radical (unpaired) electrons. The Morgan fingerprint density at radius 3 is 2.47 bits per heavy atom. The lowest BCUT2D eigenvalue weighted by molar-refractivity contribution is 0.305. The third-order valence-electron chi connectivity index (χ3n) is 5.66. The number of aromatic nitrogens is 2. The van der Waals surface area contributed by atoms with Crippen LogP contribution in [0.4, 0.5) is 5.69 Å². The molecule has 1 fully saturated rings. The highest BCUT2D eigenvalue weighted by atomic mass is 16.5. The summed E-state index contributed by atoms with van der Waals surface area (Å²) in [6.07, 6.45) is 5.10. The third kappa shape index (κ3) is 3.20. The van der Waals surface area contributed by atoms with Gasteiger partial charge in [0.05, 0.1) is 0 Å². The van der Waals surface area contributed by atoms with Gasteiger partial charge in [-0.05, 0) is 43.9 Å². The van der Waals surface area contributed by atoms with Crippen LogP contribution in [0.3, 0.4) is 0 Å². The first-order chi connectivity index (χ1) is 14.6. The second-order valence-corrected chi connectivity index (χ2v) is 7.66. The molecule has 8 heteroatoms. The number of guanidine groups is 2. The van der Waals surface area contributed by atoms with Gasteiger partial charge in [0.1, 0.15) is 5.66 Å². The van der Waals surface area contributed by atoms with E-state index in [0.29, 0.717) is 17.7 Å². The third-order valence-corrected chi connectivity index (χ3v) is 5.66. The first kappa shape index (κ1) is 18.4. The maximum Gasteiger partial charge on any atom is 0.258 e. The van der Waals surface area contributed by atoms with Crippen molar-refractivity contribution in [3.63, 3.8) is 0 Å². The molecular formula is C22H23N7O. The minimum atomic E-state index is -0.489. The largest absolute Gasteiger partial charge is 0.369 e. The van der Waals surface area contributed by atoms with Gasteiger partial charge < -0.3 is 16.0 Å². The number of benzene rings is 2. The monoisotopic (exact) mass is 401 g/mol. The molecule has 2 aromatic carbocycles. The van der Waals surface area contributed by atoms with Gasteiger partial charge in [0.2, 0.25) is 17.7 Å². The fourth-order valence-electron chi connectivity index (χ4n) is 4.32. The molecule has 0 amide bonds. The summed E-state index contributed by atoms with van der Waals surface area (Å²) in [5, 5.41) is 4.13. The van der Waals surface area contributed by atoms with Crippen LogP contribution in [0.5, 0.6) is 0 Å². The lowest BCUT2D eigenvalue weighted by atomic mass is 9.87. The number of aliphatic imine (C=N–C) groups is 2. The molecule has 1 aliphatic carbocycles. The Bertz CT molecular complexity index is 1110. The first-order valence-electron chi connectivity index (χ1n) is 10.1. The smallest absolute Gasteiger partial charge is 0.258 e. The summed E-state index contributed by atoms with van der Waals surface area (Å²) < 4.78 is 5.54. The first-order valence-corrected chi connectivity index (χ1v) is 10.1. The Morgan fingerprint density at radius 1 is 0.900 bits per heavy atom. The number of rotatable bonds is 3. The second kappa shape index (κ2) is 7.29. The van der Waals surface area contributed by atoms with Crippen molar-refractivity contribution in [1.29, 1.82) is 0 Å². The normalized spacial score (nSPS) is 18.2. The highest BCUT2D eigenvalue weighted by Crippen LogP contribution is 2.40. The van der Waals surface area contributed by atoms with E-state index in [2.05, 4.69) is 15.1 Å². The molecule has 4 N–H and O–H groups in total. The second-order valence-electron chi connectivity index (χ2n) is 7.66. The lowest BCUT2D eigenvalue weighted by Crippen LogP contribution is -2.58. The molecule has 1 aliphatic heterocycles. The Hall–Kier alpha value is -3.68. The quantitative estimate of drug-likeness (QED) is 0.693. The van der Waals surface area contributed by atoms with Crippen LogP contribution in [-0.4, -0.2) is 27.7 Å². The van der Waals surface area contributed by atoms with Gasteiger partial charge in [-0.2, -0.15) is 9.98 Å². The Kier molecular flexibility index (Phi) is 4.46. The number of nitrogens with two attached hydrogens (primary N) is 2. The summed E-state index contributed by atoms with van der Waals surface area (Å²) in [6.45, 7) is 0. The van der Waals surface area contributed by atoms with Gasteiger partial charge in [0.25, 0.3) is 5.89 Å². The Labute approximate surface area is 174 Å². The molecule has 1 aromatic heterocycles. The summed E-state index contributed by atoms with van der Waals surface area (Å²) in [6, 6.07) is 17.6. The van der Waals surface area contributed by atoms with E-state index in [0.717, 1.165) is 42.5 Å². The molecule has 1 spiro atoms. The molecule has 0 saturated heterocycles. The molecule has 3 aromatic rings. The molecule has 0 bridgehead atoms. The number of nitrogens with zero attached hydrogens (tertiary/aromatic N) is 5. The van der Waals surface area contributed by atoms with Crippen molar-refractivity contribution in [2.45, 2.75) is 37.8 Å².